The number of benzene rings is 1. The fourth-order valence-electron chi connectivity index (χ4n) is 2.04. The topological polar surface area (TPSA) is 63.7 Å². The molecular weight excluding hydrogens is 264 g/mol. The summed E-state index contributed by atoms with van der Waals surface area (Å²) in [7, 11) is 1.63. The van der Waals surface area contributed by atoms with E-state index in [4.69, 9.17) is 4.74 Å². The third kappa shape index (κ3) is 2.47. The molecule has 0 aliphatic heterocycles. The Bertz CT molecular complexity index is 786. The number of methoxy groups -OCH3 is 1. The average molecular weight is 276 g/mol. The van der Waals surface area contributed by atoms with Crippen LogP contribution in [0.4, 0.5) is 0 Å². The second-order valence-corrected chi connectivity index (χ2v) is 4.38. The zero-order valence-corrected chi connectivity index (χ0v) is 11.4. The van der Waals surface area contributed by atoms with E-state index in [1.54, 1.807) is 36.5 Å². The highest BCUT2D eigenvalue weighted by molar-refractivity contribution is 5.63. The second kappa shape index (κ2) is 5.47. The maximum Gasteiger partial charge on any atom is 0.156 e. The quantitative estimate of drug-likeness (QED) is 0.738. The lowest BCUT2D eigenvalue weighted by Gasteiger charge is -2.08. The monoisotopic (exact) mass is 276 g/mol. The van der Waals surface area contributed by atoms with Gasteiger partial charge in [-0.05, 0) is 36.4 Å². The Morgan fingerprint density at radius 1 is 1.14 bits per heavy atom. The number of rotatable bonds is 3. The lowest BCUT2D eigenvalue weighted by molar-refractivity contribution is 0.415. The zero-order valence-electron chi connectivity index (χ0n) is 11.4. The van der Waals surface area contributed by atoms with E-state index < -0.39 is 0 Å². The van der Waals surface area contributed by atoms with Crippen LogP contribution in [-0.2, 0) is 0 Å². The molecule has 0 spiro atoms. The molecule has 102 valence electrons. The van der Waals surface area contributed by atoms with Gasteiger partial charge in [-0.2, -0.15) is 5.26 Å². The van der Waals surface area contributed by atoms with Crippen molar-refractivity contribution in [2.75, 3.05) is 7.11 Å². The first-order chi connectivity index (χ1) is 10.3. The molecule has 0 bridgehead atoms. The Morgan fingerprint density at radius 3 is 2.57 bits per heavy atom. The van der Waals surface area contributed by atoms with Gasteiger partial charge in [0.2, 0.25) is 0 Å². The van der Waals surface area contributed by atoms with Crippen LogP contribution in [0.1, 0.15) is 5.56 Å². The zero-order chi connectivity index (χ0) is 14.7. The summed E-state index contributed by atoms with van der Waals surface area (Å²) in [6.07, 6.45) is 5.05. The summed E-state index contributed by atoms with van der Waals surface area (Å²) in [6, 6.07) is 13.4. The molecule has 0 fully saturated rings. The van der Waals surface area contributed by atoms with Crippen LogP contribution < -0.4 is 4.74 Å². The molecule has 0 aliphatic rings. The highest BCUT2D eigenvalue weighted by Crippen LogP contribution is 2.23. The molecule has 21 heavy (non-hydrogen) atoms. The van der Waals surface area contributed by atoms with Crippen molar-refractivity contribution >= 4 is 0 Å². The summed E-state index contributed by atoms with van der Waals surface area (Å²) in [5.41, 5.74) is 2.26. The van der Waals surface area contributed by atoms with Gasteiger partial charge in [0.1, 0.15) is 18.1 Å². The fraction of sp³-hybridized carbons (Fsp3) is 0.0625. The van der Waals surface area contributed by atoms with E-state index in [2.05, 4.69) is 16.0 Å². The lowest BCUT2D eigenvalue weighted by Crippen LogP contribution is -2.00. The SMILES string of the molecule is COc1ccc(-c2ccc(C#N)c(-n3ccnc3)n2)cc1. The van der Waals surface area contributed by atoms with Crippen molar-refractivity contribution in [3.63, 3.8) is 0 Å². The molecule has 0 atom stereocenters. The molecule has 3 rings (SSSR count). The number of hydrogen-bond donors (Lipinski definition) is 0. The second-order valence-electron chi connectivity index (χ2n) is 4.38. The molecule has 0 saturated heterocycles. The van der Waals surface area contributed by atoms with Crippen molar-refractivity contribution in [1.29, 1.82) is 5.26 Å². The van der Waals surface area contributed by atoms with Gasteiger partial charge in [0.25, 0.3) is 0 Å². The third-order valence-corrected chi connectivity index (χ3v) is 3.13. The van der Waals surface area contributed by atoms with Gasteiger partial charge in [-0.25, -0.2) is 9.97 Å². The van der Waals surface area contributed by atoms with Gasteiger partial charge in [0, 0.05) is 18.0 Å². The molecule has 0 radical (unpaired) electrons. The maximum absolute atomic E-state index is 9.21. The first-order valence-corrected chi connectivity index (χ1v) is 6.35. The van der Waals surface area contributed by atoms with Gasteiger partial charge < -0.3 is 4.74 Å². The summed E-state index contributed by atoms with van der Waals surface area (Å²) in [5, 5.41) is 9.21. The van der Waals surface area contributed by atoms with Crippen LogP contribution in [0.15, 0.2) is 55.1 Å². The van der Waals surface area contributed by atoms with Crippen molar-refractivity contribution in [2.24, 2.45) is 0 Å². The molecule has 0 N–H and O–H groups in total. The van der Waals surface area contributed by atoms with Crippen LogP contribution in [0.25, 0.3) is 17.1 Å². The number of aromatic nitrogens is 3. The van der Waals surface area contributed by atoms with Crippen molar-refractivity contribution in [3.05, 3.63) is 60.7 Å². The Kier molecular flexibility index (Phi) is 3.36. The summed E-state index contributed by atoms with van der Waals surface area (Å²) in [4.78, 5) is 8.57. The minimum Gasteiger partial charge on any atom is -0.497 e. The number of imidazole rings is 1. The van der Waals surface area contributed by atoms with Crippen molar-refractivity contribution in [2.45, 2.75) is 0 Å². The molecule has 0 unspecified atom stereocenters. The third-order valence-electron chi connectivity index (χ3n) is 3.13. The number of nitriles is 1. The molecule has 2 heterocycles. The molecule has 0 amide bonds. The minimum atomic E-state index is 0.505. The Labute approximate surface area is 122 Å². The Balaban J connectivity index is 2.08. The van der Waals surface area contributed by atoms with E-state index in [1.165, 1.54) is 0 Å². The first kappa shape index (κ1) is 12.9. The molecule has 3 aromatic rings. The van der Waals surface area contributed by atoms with E-state index in [-0.39, 0.29) is 0 Å². The van der Waals surface area contributed by atoms with E-state index >= 15 is 0 Å². The Morgan fingerprint density at radius 2 is 1.95 bits per heavy atom. The van der Waals surface area contributed by atoms with Crippen molar-refractivity contribution in [1.82, 2.24) is 14.5 Å². The lowest BCUT2D eigenvalue weighted by atomic mass is 10.1. The molecule has 0 saturated carbocycles. The molecule has 1 aromatic carbocycles. The predicted molar refractivity (Wildman–Crippen MR) is 78.1 cm³/mol. The highest BCUT2D eigenvalue weighted by atomic mass is 16.5. The number of hydrogen-bond acceptors (Lipinski definition) is 4. The normalized spacial score (nSPS) is 10.1. The van der Waals surface area contributed by atoms with Crippen LogP contribution in [0.5, 0.6) is 5.75 Å². The van der Waals surface area contributed by atoms with Gasteiger partial charge >= 0.3 is 0 Å². The molecule has 5 nitrogen and oxygen atoms in total. The summed E-state index contributed by atoms with van der Waals surface area (Å²) in [5.74, 6) is 1.37. The molecule has 2 aromatic heterocycles. The predicted octanol–water partition coefficient (Wildman–Crippen LogP) is 2.81. The van der Waals surface area contributed by atoms with Crippen LogP contribution >= 0.6 is 0 Å². The first-order valence-electron chi connectivity index (χ1n) is 6.35. The average Bonchev–Trinajstić information content (AvgIpc) is 3.08. The van der Waals surface area contributed by atoms with E-state index in [1.807, 2.05) is 30.3 Å². The van der Waals surface area contributed by atoms with Crippen LogP contribution in [0, 0.1) is 11.3 Å². The van der Waals surface area contributed by atoms with Gasteiger partial charge in [-0.1, -0.05) is 0 Å². The number of nitrogens with zero attached hydrogens (tertiary/aromatic N) is 4. The Hall–Kier alpha value is -3.13. The number of pyridine rings is 1. The summed E-state index contributed by atoms with van der Waals surface area (Å²) in [6.45, 7) is 0. The minimum absolute atomic E-state index is 0.505. The van der Waals surface area contributed by atoms with Gasteiger partial charge in [0.05, 0.1) is 18.4 Å². The van der Waals surface area contributed by atoms with E-state index in [0.717, 1.165) is 17.0 Å². The number of ether oxygens (including phenoxy) is 1. The largest absolute Gasteiger partial charge is 0.497 e. The summed E-state index contributed by atoms with van der Waals surface area (Å²) < 4.78 is 6.88. The van der Waals surface area contributed by atoms with Gasteiger partial charge in [0.15, 0.2) is 5.82 Å². The molecular formula is C16H12N4O. The molecule has 5 heteroatoms. The standard InChI is InChI=1S/C16H12N4O/c1-21-14-5-2-12(3-6-14)15-7-4-13(10-17)16(19-15)20-9-8-18-11-20/h2-9,11H,1H3. The van der Waals surface area contributed by atoms with Crippen molar-refractivity contribution in [3.8, 4) is 28.9 Å². The van der Waals surface area contributed by atoms with Gasteiger partial charge in [-0.3, -0.25) is 4.57 Å². The maximum atomic E-state index is 9.21. The highest BCUT2D eigenvalue weighted by Gasteiger charge is 2.09. The molecule has 0 aliphatic carbocycles. The fourth-order valence-corrected chi connectivity index (χ4v) is 2.04. The van der Waals surface area contributed by atoms with Crippen LogP contribution in [0.2, 0.25) is 0 Å². The van der Waals surface area contributed by atoms with E-state index in [0.29, 0.717) is 11.4 Å². The van der Waals surface area contributed by atoms with E-state index in [9.17, 15) is 5.26 Å². The van der Waals surface area contributed by atoms with Crippen molar-refractivity contribution < 1.29 is 4.74 Å². The van der Waals surface area contributed by atoms with Crippen LogP contribution in [-0.4, -0.2) is 21.6 Å². The summed E-state index contributed by atoms with van der Waals surface area (Å²) >= 11 is 0. The van der Waals surface area contributed by atoms with Gasteiger partial charge in [-0.15, -0.1) is 0 Å². The smallest absolute Gasteiger partial charge is 0.156 e. The van der Waals surface area contributed by atoms with Crippen LogP contribution in [0.3, 0.4) is 0 Å².